The molecule has 0 bridgehead atoms. The lowest BCUT2D eigenvalue weighted by Crippen LogP contribution is -2.41. The van der Waals surface area contributed by atoms with Crippen molar-refractivity contribution in [1.82, 2.24) is 0 Å². The van der Waals surface area contributed by atoms with E-state index in [-0.39, 0.29) is 16.7 Å². The fourth-order valence-corrected chi connectivity index (χ4v) is 6.30. The minimum absolute atomic E-state index is 0.206. The third-order valence-electron chi connectivity index (χ3n) is 9.23. The van der Waals surface area contributed by atoms with Crippen LogP contribution in [0.1, 0.15) is 49.5 Å². The number of carbonyl (C=O) groups excluding carboxylic acids is 1. The zero-order valence-corrected chi connectivity index (χ0v) is 28.7. The summed E-state index contributed by atoms with van der Waals surface area (Å²) in [5, 5.41) is 30.8. The Labute approximate surface area is 302 Å². The Morgan fingerprint density at radius 2 is 0.808 bits per heavy atom. The van der Waals surface area contributed by atoms with Crippen molar-refractivity contribution in [2.45, 2.75) is 12.8 Å². The molecule has 5 rings (SSSR count). The van der Waals surface area contributed by atoms with E-state index in [2.05, 4.69) is 37.4 Å². The average Bonchev–Trinajstić information content (AvgIpc) is 3.18. The van der Waals surface area contributed by atoms with Gasteiger partial charge in [-0.25, -0.2) is 9.59 Å². The number of nitriles is 1. The number of anilines is 4. The van der Waals surface area contributed by atoms with Gasteiger partial charge in [-0.3, -0.25) is 4.79 Å². The first-order valence-corrected chi connectivity index (χ1v) is 17.0. The van der Waals surface area contributed by atoms with Gasteiger partial charge in [-0.1, -0.05) is 18.7 Å². The van der Waals surface area contributed by atoms with Gasteiger partial charge in [-0.05, 0) is 103 Å². The molecule has 2 N–H and O–H groups in total. The number of aromatic carboxylic acids is 2. The maximum atomic E-state index is 11.9. The summed E-state index contributed by atoms with van der Waals surface area (Å²) < 4.78 is 0. The molecule has 12 heteroatoms. The van der Waals surface area contributed by atoms with Gasteiger partial charge < -0.3 is 29.8 Å². The number of carboxylic acids is 2. The zero-order valence-electron chi connectivity index (χ0n) is 28.7. The summed E-state index contributed by atoms with van der Waals surface area (Å²) in [7, 11) is 0. The Morgan fingerprint density at radius 1 is 0.519 bits per heavy atom. The molecule has 0 unspecified atom stereocenters. The Hall–Kier alpha value is -6.48. The highest BCUT2D eigenvalue weighted by atomic mass is 16.4. The maximum absolute atomic E-state index is 11.9. The van der Waals surface area contributed by atoms with Crippen LogP contribution in [-0.4, -0.2) is 80.4 Å². The van der Waals surface area contributed by atoms with E-state index in [9.17, 15) is 34.8 Å². The van der Waals surface area contributed by atoms with Crippen LogP contribution in [0.15, 0.2) is 109 Å². The molecule has 1 amide bonds. The first-order valence-electron chi connectivity index (χ1n) is 17.0. The van der Waals surface area contributed by atoms with Gasteiger partial charge in [0.1, 0.15) is 0 Å². The van der Waals surface area contributed by atoms with Crippen molar-refractivity contribution in [2.24, 2.45) is 5.18 Å². The van der Waals surface area contributed by atoms with Crippen LogP contribution in [-0.2, 0) is 0 Å². The van der Waals surface area contributed by atoms with Crippen molar-refractivity contribution < 1.29 is 24.6 Å². The monoisotopic (exact) mass is 700 g/mol. The highest BCUT2D eigenvalue weighted by Crippen LogP contribution is 2.24. The molecule has 1 aliphatic heterocycles. The van der Waals surface area contributed by atoms with E-state index in [4.69, 9.17) is 0 Å². The minimum Gasteiger partial charge on any atom is -0.478 e. The summed E-state index contributed by atoms with van der Waals surface area (Å²) in [4.78, 5) is 54.9. The predicted molar refractivity (Wildman–Crippen MR) is 203 cm³/mol. The third-order valence-corrected chi connectivity index (χ3v) is 9.23. The first-order chi connectivity index (χ1) is 25.2. The molecule has 12 nitrogen and oxygen atoms in total. The number of carboxylic acid groups (broad SMARTS) is 2. The molecule has 0 saturated carbocycles. The molecule has 1 aliphatic rings. The number of allylic oxidation sites excluding steroid dienone is 1. The fourth-order valence-electron chi connectivity index (χ4n) is 6.30. The Bertz CT molecular complexity index is 1920. The molecule has 4 aromatic carbocycles. The van der Waals surface area contributed by atoms with Crippen LogP contribution in [0.5, 0.6) is 0 Å². The maximum Gasteiger partial charge on any atom is 0.335 e. The smallest absolute Gasteiger partial charge is 0.335 e. The Balaban J connectivity index is 1.46. The summed E-state index contributed by atoms with van der Waals surface area (Å²) in [6, 6.07) is 30.5. The number of hydrogen-bond acceptors (Lipinski definition) is 9. The fraction of sp³-hybridized carbons (Fsp3) is 0.250. The zero-order chi connectivity index (χ0) is 37.0. The van der Waals surface area contributed by atoms with Gasteiger partial charge in [0.05, 0.1) is 22.8 Å². The summed E-state index contributed by atoms with van der Waals surface area (Å²) in [5.74, 6) is -2.80. The van der Waals surface area contributed by atoms with E-state index in [1.165, 1.54) is 0 Å². The number of benzene rings is 4. The van der Waals surface area contributed by atoms with Gasteiger partial charge in [0, 0.05) is 85.8 Å². The SMILES string of the molecule is C=C(C#N)c1ccc(N2CCCN(c3ccc(C(=O)N=O)cc3)CCN(c3ccc(C(=O)O)cc3)CCCN(c3ccc(C(=O)O)cc3)CC2)cc1. The highest BCUT2D eigenvalue weighted by molar-refractivity contribution is 5.95. The minimum atomic E-state index is -0.993. The van der Waals surface area contributed by atoms with Gasteiger partial charge in [-0.15, -0.1) is 4.91 Å². The van der Waals surface area contributed by atoms with Crippen molar-refractivity contribution in [3.63, 3.8) is 0 Å². The molecular weight excluding hydrogens is 660 g/mol. The second-order valence-corrected chi connectivity index (χ2v) is 12.4. The van der Waals surface area contributed by atoms with E-state index in [0.717, 1.165) is 41.2 Å². The number of rotatable bonds is 8. The van der Waals surface area contributed by atoms with E-state index in [1.54, 1.807) is 36.4 Å². The summed E-state index contributed by atoms with van der Waals surface area (Å²) in [5.41, 5.74) is 5.47. The number of carbonyl (C=O) groups is 3. The summed E-state index contributed by atoms with van der Waals surface area (Å²) in [6.45, 7) is 9.09. The normalized spacial score (nSPS) is 14.5. The number of nitroso groups, excluding NO2 is 1. The van der Waals surface area contributed by atoms with E-state index < -0.39 is 17.8 Å². The van der Waals surface area contributed by atoms with Crippen molar-refractivity contribution in [1.29, 1.82) is 5.26 Å². The Morgan fingerprint density at radius 3 is 1.08 bits per heavy atom. The molecule has 0 aliphatic carbocycles. The first kappa shape index (κ1) is 36.8. The molecule has 266 valence electrons. The molecule has 1 saturated heterocycles. The van der Waals surface area contributed by atoms with E-state index in [0.29, 0.717) is 57.9 Å². The molecule has 0 atom stereocenters. The standard InChI is InChI=1S/C40H40N6O6/c1-29(28-41)30-4-12-34(13-5-30)43-20-2-21-44(35-14-6-31(7-15-35)38(47)42-52)25-27-46(37-18-10-33(11-19-37)40(50)51)23-3-22-45(26-24-43)36-16-8-32(9-17-36)39(48)49/h4-19H,1-3,20-27H2,(H,48,49)(H,50,51). The molecule has 4 aromatic rings. The van der Waals surface area contributed by atoms with Crippen LogP contribution in [0.25, 0.3) is 5.57 Å². The Kier molecular flexibility index (Phi) is 12.3. The van der Waals surface area contributed by atoms with Gasteiger partial charge in [0.25, 0.3) is 0 Å². The topological polar surface area (TPSA) is 158 Å². The van der Waals surface area contributed by atoms with Gasteiger partial charge >= 0.3 is 17.8 Å². The number of hydrogen-bond donors (Lipinski definition) is 2. The van der Waals surface area contributed by atoms with Crippen molar-refractivity contribution in [3.8, 4) is 6.07 Å². The van der Waals surface area contributed by atoms with Crippen LogP contribution in [0.3, 0.4) is 0 Å². The lowest BCUT2D eigenvalue weighted by atomic mass is 10.1. The summed E-state index contributed by atoms with van der Waals surface area (Å²) >= 11 is 0. The number of amides is 1. The average molecular weight is 701 g/mol. The molecule has 52 heavy (non-hydrogen) atoms. The summed E-state index contributed by atoms with van der Waals surface area (Å²) in [6.07, 6.45) is 1.52. The second-order valence-electron chi connectivity index (χ2n) is 12.4. The van der Waals surface area contributed by atoms with Gasteiger partial charge in [-0.2, -0.15) is 5.26 Å². The van der Waals surface area contributed by atoms with Crippen molar-refractivity contribution in [2.75, 3.05) is 72.0 Å². The molecular formula is C40H40N6O6. The van der Waals surface area contributed by atoms with Crippen LogP contribution in [0.2, 0.25) is 0 Å². The molecule has 1 fully saturated rings. The van der Waals surface area contributed by atoms with Crippen LogP contribution in [0, 0.1) is 16.2 Å². The number of nitrogens with zero attached hydrogens (tertiary/aromatic N) is 6. The molecule has 0 aromatic heterocycles. The molecule has 0 radical (unpaired) electrons. The van der Waals surface area contributed by atoms with Crippen LogP contribution < -0.4 is 19.6 Å². The molecule has 1 heterocycles. The lowest BCUT2D eigenvalue weighted by molar-refractivity contribution is 0.0686. The highest BCUT2D eigenvalue weighted by Gasteiger charge is 2.18. The van der Waals surface area contributed by atoms with Crippen molar-refractivity contribution >= 4 is 46.2 Å². The molecule has 0 spiro atoms. The van der Waals surface area contributed by atoms with Crippen LogP contribution in [0.4, 0.5) is 22.7 Å². The van der Waals surface area contributed by atoms with Gasteiger partial charge in [0.2, 0.25) is 0 Å². The van der Waals surface area contributed by atoms with Gasteiger partial charge in [0.15, 0.2) is 0 Å². The van der Waals surface area contributed by atoms with Crippen molar-refractivity contribution in [3.05, 3.63) is 131 Å². The quantitative estimate of drug-likeness (QED) is 0.150. The van der Waals surface area contributed by atoms with E-state index in [1.807, 2.05) is 60.7 Å². The van der Waals surface area contributed by atoms with E-state index >= 15 is 0 Å². The third kappa shape index (κ3) is 9.39. The lowest BCUT2D eigenvalue weighted by Gasteiger charge is -2.35. The van der Waals surface area contributed by atoms with Crippen LogP contribution >= 0.6 is 0 Å². The largest absolute Gasteiger partial charge is 0.478 e. The predicted octanol–water partition coefficient (Wildman–Crippen LogP) is 6.65. The second kappa shape index (κ2) is 17.4.